The molecular formula is C15H25ClN2. The van der Waals surface area contributed by atoms with Crippen LogP contribution in [0.2, 0.25) is 5.02 Å². The first kappa shape index (κ1) is 15.5. The van der Waals surface area contributed by atoms with Crippen LogP contribution in [0.3, 0.4) is 0 Å². The number of unbranched alkanes of at least 4 members (excludes halogenated alkanes) is 4. The number of hydrogen-bond donors (Lipinski definition) is 2. The number of hydrazine groups is 1. The Balaban J connectivity index is 2.49. The molecule has 18 heavy (non-hydrogen) atoms. The molecule has 0 bridgehead atoms. The van der Waals surface area contributed by atoms with Gasteiger partial charge in [0.15, 0.2) is 0 Å². The summed E-state index contributed by atoms with van der Waals surface area (Å²) >= 11 is 5.97. The number of hydrogen-bond acceptors (Lipinski definition) is 2. The van der Waals surface area contributed by atoms with E-state index in [4.69, 9.17) is 17.4 Å². The lowest BCUT2D eigenvalue weighted by Crippen LogP contribution is -2.28. The fourth-order valence-electron chi connectivity index (χ4n) is 2.31. The Morgan fingerprint density at radius 1 is 1.22 bits per heavy atom. The van der Waals surface area contributed by atoms with Gasteiger partial charge in [0, 0.05) is 11.1 Å². The van der Waals surface area contributed by atoms with E-state index in [2.05, 4.69) is 25.3 Å². The predicted octanol–water partition coefficient (Wildman–Crippen LogP) is 4.51. The first-order chi connectivity index (χ1) is 8.69. The second-order valence-electron chi connectivity index (χ2n) is 4.92. The van der Waals surface area contributed by atoms with Crippen molar-refractivity contribution < 1.29 is 0 Å². The summed E-state index contributed by atoms with van der Waals surface area (Å²) < 4.78 is 0. The molecule has 1 rings (SSSR count). The molecule has 0 saturated heterocycles. The maximum Gasteiger partial charge on any atom is 0.0462 e. The zero-order valence-corrected chi connectivity index (χ0v) is 12.3. The van der Waals surface area contributed by atoms with Crippen LogP contribution >= 0.6 is 11.6 Å². The van der Waals surface area contributed by atoms with Gasteiger partial charge in [0.25, 0.3) is 0 Å². The second kappa shape index (κ2) is 8.52. The third-order valence-electron chi connectivity index (χ3n) is 3.40. The third-order valence-corrected chi connectivity index (χ3v) is 3.64. The van der Waals surface area contributed by atoms with Crippen LogP contribution in [0.5, 0.6) is 0 Å². The lowest BCUT2D eigenvalue weighted by atomic mass is 9.96. The van der Waals surface area contributed by atoms with E-state index in [9.17, 15) is 0 Å². The third kappa shape index (κ3) is 4.97. The van der Waals surface area contributed by atoms with E-state index in [0.29, 0.717) is 0 Å². The molecular weight excluding hydrogens is 244 g/mol. The average Bonchev–Trinajstić information content (AvgIpc) is 2.35. The van der Waals surface area contributed by atoms with Crippen molar-refractivity contribution in [2.45, 2.75) is 58.4 Å². The van der Waals surface area contributed by atoms with Gasteiger partial charge in [-0.3, -0.25) is 11.3 Å². The van der Waals surface area contributed by atoms with Crippen molar-refractivity contribution >= 4 is 11.6 Å². The summed E-state index contributed by atoms with van der Waals surface area (Å²) in [7, 11) is 0. The lowest BCUT2D eigenvalue weighted by Gasteiger charge is -2.18. The topological polar surface area (TPSA) is 38.0 Å². The Morgan fingerprint density at radius 2 is 1.94 bits per heavy atom. The minimum atomic E-state index is 0.240. The Morgan fingerprint density at radius 3 is 2.56 bits per heavy atom. The molecule has 1 unspecified atom stereocenters. The molecule has 2 nitrogen and oxygen atoms in total. The molecule has 0 radical (unpaired) electrons. The summed E-state index contributed by atoms with van der Waals surface area (Å²) in [6.45, 7) is 4.32. The van der Waals surface area contributed by atoms with Crippen LogP contribution in [0.15, 0.2) is 18.2 Å². The van der Waals surface area contributed by atoms with Crippen molar-refractivity contribution in [3.63, 3.8) is 0 Å². The van der Waals surface area contributed by atoms with Gasteiger partial charge in [-0.25, -0.2) is 0 Å². The molecule has 0 aliphatic heterocycles. The Hall–Kier alpha value is -0.570. The van der Waals surface area contributed by atoms with Gasteiger partial charge in [-0.15, -0.1) is 0 Å². The molecule has 0 saturated carbocycles. The summed E-state index contributed by atoms with van der Waals surface area (Å²) in [5.74, 6) is 5.67. The van der Waals surface area contributed by atoms with Crippen molar-refractivity contribution in [1.82, 2.24) is 5.43 Å². The molecule has 1 aromatic carbocycles. The van der Waals surface area contributed by atoms with Crippen LogP contribution < -0.4 is 11.3 Å². The van der Waals surface area contributed by atoms with Crippen LogP contribution in [-0.2, 0) is 0 Å². The largest absolute Gasteiger partial charge is 0.271 e. The van der Waals surface area contributed by atoms with Crippen LogP contribution in [0, 0.1) is 6.92 Å². The highest BCUT2D eigenvalue weighted by Crippen LogP contribution is 2.25. The van der Waals surface area contributed by atoms with E-state index in [1.165, 1.54) is 43.2 Å². The number of rotatable bonds is 8. The van der Waals surface area contributed by atoms with Gasteiger partial charge < -0.3 is 0 Å². The number of halogens is 1. The van der Waals surface area contributed by atoms with E-state index in [-0.39, 0.29) is 6.04 Å². The van der Waals surface area contributed by atoms with E-state index in [1.807, 2.05) is 12.1 Å². The highest BCUT2D eigenvalue weighted by molar-refractivity contribution is 6.30. The van der Waals surface area contributed by atoms with Gasteiger partial charge in [-0.05, 0) is 36.6 Å². The molecule has 0 aliphatic rings. The molecule has 3 N–H and O–H groups in total. The van der Waals surface area contributed by atoms with E-state index in [1.54, 1.807) is 0 Å². The molecule has 3 heteroatoms. The van der Waals surface area contributed by atoms with Gasteiger partial charge in [-0.2, -0.15) is 0 Å². The quantitative estimate of drug-likeness (QED) is 0.413. The molecule has 0 heterocycles. The number of aryl methyl sites for hydroxylation is 1. The first-order valence-electron chi connectivity index (χ1n) is 6.91. The molecule has 0 spiro atoms. The Kier molecular flexibility index (Phi) is 7.33. The van der Waals surface area contributed by atoms with Gasteiger partial charge in [0.1, 0.15) is 0 Å². The van der Waals surface area contributed by atoms with E-state index >= 15 is 0 Å². The average molecular weight is 269 g/mol. The highest BCUT2D eigenvalue weighted by atomic mass is 35.5. The number of benzene rings is 1. The smallest absolute Gasteiger partial charge is 0.0462 e. The molecule has 0 amide bonds. The first-order valence-corrected chi connectivity index (χ1v) is 7.29. The van der Waals surface area contributed by atoms with Crippen molar-refractivity contribution in [2.24, 2.45) is 5.84 Å². The standard InChI is InChI=1S/C15H25ClN2/c1-3-4-5-6-7-8-15(18-17)14-10-9-13(16)11-12(14)2/h9-11,15,18H,3-8,17H2,1-2H3. The molecule has 1 aromatic rings. The second-order valence-corrected chi connectivity index (χ2v) is 5.36. The predicted molar refractivity (Wildman–Crippen MR) is 79.6 cm³/mol. The molecule has 102 valence electrons. The SMILES string of the molecule is CCCCCCCC(NN)c1ccc(Cl)cc1C. The van der Waals surface area contributed by atoms with Crippen LogP contribution in [0.1, 0.15) is 62.6 Å². The maximum absolute atomic E-state index is 5.97. The summed E-state index contributed by atoms with van der Waals surface area (Å²) in [6.07, 6.45) is 7.54. The van der Waals surface area contributed by atoms with Gasteiger partial charge in [-0.1, -0.05) is 56.7 Å². The van der Waals surface area contributed by atoms with Crippen molar-refractivity contribution in [1.29, 1.82) is 0 Å². The Labute approximate surface area is 116 Å². The summed E-state index contributed by atoms with van der Waals surface area (Å²) in [5.41, 5.74) is 5.40. The molecule has 1 atom stereocenters. The van der Waals surface area contributed by atoms with Crippen molar-refractivity contribution in [2.75, 3.05) is 0 Å². The minimum absolute atomic E-state index is 0.240. The summed E-state index contributed by atoms with van der Waals surface area (Å²) in [4.78, 5) is 0. The van der Waals surface area contributed by atoms with Gasteiger partial charge >= 0.3 is 0 Å². The monoisotopic (exact) mass is 268 g/mol. The number of nitrogens with two attached hydrogens (primary N) is 1. The summed E-state index contributed by atoms with van der Waals surface area (Å²) in [6, 6.07) is 6.25. The minimum Gasteiger partial charge on any atom is -0.271 e. The van der Waals surface area contributed by atoms with Crippen LogP contribution in [0.4, 0.5) is 0 Å². The fraction of sp³-hybridized carbons (Fsp3) is 0.600. The summed E-state index contributed by atoms with van der Waals surface area (Å²) in [5, 5.41) is 0.787. The van der Waals surface area contributed by atoms with Gasteiger partial charge in [0.05, 0.1) is 0 Å². The normalized spacial score (nSPS) is 12.7. The number of nitrogens with one attached hydrogen (secondary N) is 1. The Bertz CT molecular complexity index is 352. The lowest BCUT2D eigenvalue weighted by molar-refractivity contribution is 0.477. The molecule has 0 aliphatic carbocycles. The van der Waals surface area contributed by atoms with Crippen LogP contribution in [-0.4, -0.2) is 0 Å². The van der Waals surface area contributed by atoms with Crippen LogP contribution in [0.25, 0.3) is 0 Å². The van der Waals surface area contributed by atoms with Crippen molar-refractivity contribution in [3.8, 4) is 0 Å². The van der Waals surface area contributed by atoms with E-state index in [0.717, 1.165) is 11.4 Å². The molecule has 0 aromatic heterocycles. The highest BCUT2D eigenvalue weighted by Gasteiger charge is 2.11. The fourth-order valence-corrected chi connectivity index (χ4v) is 2.54. The zero-order valence-electron chi connectivity index (χ0n) is 11.5. The van der Waals surface area contributed by atoms with Gasteiger partial charge in [0.2, 0.25) is 0 Å². The van der Waals surface area contributed by atoms with E-state index < -0.39 is 0 Å². The zero-order chi connectivity index (χ0) is 13.4. The van der Waals surface area contributed by atoms with Crippen molar-refractivity contribution in [3.05, 3.63) is 34.3 Å². The maximum atomic E-state index is 5.97. The molecule has 0 fully saturated rings.